The number of rotatable bonds is 5. The van der Waals surface area contributed by atoms with E-state index in [-0.39, 0.29) is 16.4 Å². The van der Waals surface area contributed by atoms with E-state index >= 15 is 0 Å². The monoisotopic (exact) mass is 477 g/mol. The van der Waals surface area contributed by atoms with Gasteiger partial charge in [0.15, 0.2) is 0 Å². The van der Waals surface area contributed by atoms with Crippen LogP contribution >= 0.6 is 0 Å². The standard InChI is InChI=1S/C25H23N3O5S/c1-28-22(29)19-18(15-7-4-3-5-8-15)20(33-21(19)26-23(28)34(2)32)16-9-11-17(12-10-16)25(13-6-14-25)27-24(30)31/h3-5,7-12,27H,6,13-14H2,1-2H3,(H,30,31). The fourth-order valence-electron chi connectivity index (χ4n) is 4.61. The van der Waals surface area contributed by atoms with Crippen LogP contribution in [-0.2, 0) is 23.4 Å². The predicted octanol–water partition coefficient (Wildman–Crippen LogP) is 4.24. The van der Waals surface area contributed by atoms with Gasteiger partial charge in [0.05, 0.1) is 16.3 Å². The first-order valence-corrected chi connectivity index (χ1v) is 12.4. The molecule has 0 spiro atoms. The number of hydrogen-bond donors (Lipinski definition) is 2. The van der Waals surface area contributed by atoms with Crippen molar-refractivity contribution in [2.24, 2.45) is 7.05 Å². The van der Waals surface area contributed by atoms with Crippen LogP contribution in [0, 0.1) is 0 Å². The molecular weight excluding hydrogens is 454 g/mol. The van der Waals surface area contributed by atoms with E-state index in [1.165, 1.54) is 10.8 Å². The van der Waals surface area contributed by atoms with Gasteiger partial charge in [-0.15, -0.1) is 0 Å². The van der Waals surface area contributed by atoms with Crippen LogP contribution in [0.15, 0.2) is 69.0 Å². The Morgan fingerprint density at radius 1 is 1.12 bits per heavy atom. The Morgan fingerprint density at radius 2 is 1.79 bits per heavy atom. The first kappa shape index (κ1) is 22.1. The SMILES string of the molecule is Cn1c(S(C)=O)nc2oc(-c3ccc(C4(NC(=O)O)CCC4)cc3)c(-c3ccccc3)c2c1=O. The maximum Gasteiger partial charge on any atom is 0.405 e. The topological polar surface area (TPSA) is 114 Å². The van der Waals surface area contributed by atoms with Crippen LogP contribution in [0.4, 0.5) is 4.79 Å². The van der Waals surface area contributed by atoms with Gasteiger partial charge in [-0.3, -0.25) is 13.6 Å². The van der Waals surface area contributed by atoms with E-state index in [0.717, 1.165) is 36.0 Å². The summed E-state index contributed by atoms with van der Waals surface area (Å²) < 4.78 is 19.6. The van der Waals surface area contributed by atoms with E-state index < -0.39 is 22.4 Å². The lowest BCUT2D eigenvalue weighted by Gasteiger charge is -2.42. The summed E-state index contributed by atoms with van der Waals surface area (Å²) in [6, 6.07) is 17.0. The molecule has 2 heterocycles. The maximum absolute atomic E-state index is 13.3. The molecule has 0 aliphatic heterocycles. The van der Waals surface area contributed by atoms with Gasteiger partial charge in [-0.2, -0.15) is 4.98 Å². The van der Waals surface area contributed by atoms with Crippen LogP contribution in [0.25, 0.3) is 33.6 Å². The van der Waals surface area contributed by atoms with Crippen LogP contribution in [-0.4, -0.2) is 31.2 Å². The van der Waals surface area contributed by atoms with Crippen molar-refractivity contribution >= 4 is 28.0 Å². The third-order valence-corrected chi connectivity index (χ3v) is 7.34. The average molecular weight is 478 g/mol. The first-order valence-electron chi connectivity index (χ1n) is 10.8. The van der Waals surface area contributed by atoms with Crippen molar-refractivity contribution < 1.29 is 18.5 Å². The number of carbonyl (C=O) groups is 1. The van der Waals surface area contributed by atoms with Gasteiger partial charge < -0.3 is 14.8 Å². The minimum Gasteiger partial charge on any atom is -0.465 e. The van der Waals surface area contributed by atoms with E-state index in [2.05, 4.69) is 10.3 Å². The third-order valence-electron chi connectivity index (χ3n) is 6.46. The summed E-state index contributed by atoms with van der Waals surface area (Å²) in [4.78, 5) is 29.0. The number of carboxylic acid groups (broad SMARTS) is 1. The first-order chi connectivity index (χ1) is 16.3. The van der Waals surface area contributed by atoms with Gasteiger partial charge in [0.1, 0.15) is 11.1 Å². The smallest absolute Gasteiger partial charge is 0.405 e. The van der Waals surface area contributed by atoms with Crippen LogP contribution < -0.4 is 10.9 Å². The molecule has 34 heavy (non-hydrogen) atoms. The number of furan rings is 1. The molecule has 5 rings (SSSR count). The molecule has 1 amide bonds. The van der Waals surface area contributed by atoms with Gasteiger partial charge >= 0.3 is 6.09 Å². The largest absolute Gasteiger partial charge is 0.465 e. The van der Waals surface area contributed by atoms with Gasteiger partial charge in [-0.1, -0.05) is 54.6 Å². The lowest BCUT2D eigenvalue weighted by molar-refractivity contribution is 0.144. The van der Waals surface area contributed by atoms with E-state index in [1.54, 1.807) is 7.05 Å². The molecular formula is C25H23N3O5S. The Labute approximate surface area is 197 Å². The molecule has 1 unspecified atom stereocenters. The number of nitrogens with one attached hydrogen (secondary N) is 1. The van der Waals surface area contributed by atoms with Crippen molar-refractivity contribution in [2.75, 3.05) is 6.26 Å². The zero-order valence-corrected chi connectivity index (χ0v) is 19.5. The predicted molar refractivity (Wildman–Crippen MR) is 129 cm³/mol. The molecule has 1 fully saturated rings. The van der Waals surface area contributed by atoms with Crippen LogP contribution in [0.2, 0.25) is 0 Å². The molecule has 1 aliphatic rings. The summed E-state index contributed by atoms with van der Waals surface area (Å²) in [7, 11) is 0.0818. The molecule has 1 aliphatic carbocycles. The summed E-state index contributed by atoms with van der Waals surface area (Å²) in [6.45, 7) is 0. The summed E-state index contributed by atoms with van der Waals surface area (Å²) in [5.41, 5.74) is 2.26. The minimum atomic E-state index is -1.47. The normalized spacial score (nSPS) is 15.6. The lowest BCUT2D eigenvalue weighted by atomic mass is 9.72. The molecule has 0 saturated heterocycles. The number of benzene rings is 2. The van der Waals surface area contributed by atoms with Crippen LogP contribution in [0.3, 0.4) is 0 Å². The number of amides is 1. The average Bonchev–Trinajstić information content (AvgIpc) is 3.19. The molecule has 4 aromatic rings. The van der Waals surface area contributed by atoms with Crippen molar-refractivity contribution in [1.29, 1.82) is 0 Å². The molecule has 8 nitrogen and oxygen atoms in total. The second-order valence-electron chi connectivity index (χ2n) is 8.51. The highest BCUT2D eigenvalue weighted by Gasteiger charge is 2.40. The second kappa shape index (κ2) is 8.25. The Hall–Kier alpha value is -3.72. The van der Waals surface area contributed by atoms with Crippen LogP contribution in [0.1, 0.15) is 24.8 Å². The second-order valence-corrected chi connectivity index (χ2v) is 9.78. The third kappa shape index (κ3) is 3.52. The zero-order valence-electron chi connectivity index (χ0n) is 18.7. The highest BCUT2D eigenvalue weighted by molar-refractivity contribution is 7.84. The maximum atomic E-state index is 13.3. The molecule has 2 aromatic heterocycles. The summed E-state index contributed by atoms with van der Waals surface area (Å²) >= 11 is 0. The number of aromatic nitrogens is 2. The lowest BCUT2D eigenvalue weighted by Crippen LogP contribution is -2.50. The van der Waals surface area contributed by atoms with Crippen molar-refractivity contribution in [3.8, 4) is 22.5 Å². The molecule has 0 bridgehead atoms. The summed E-state index contributed by atoms with van der Waals surface area (Å²) in [5.74, 6) is 0.477. The Balaban J connectivity index is 1.71. The molecule has 174 valence electrons. The number of nitrogens with zero attached hydrogens (tertiary/aromatic N) is 2. The van der Waals surface area contributed by atoms with Crippen molar-refractivity contribution in [3.63, 3.8) is 0 Å². The van der Waals surface area contributed by atoms with E-state index in [4.69, 9.17) is 4.42 Å². The molecule has 1 saturated carbocycles. The molecule has 9 heteroatoms. The molecule has 1 atom stereocenters. The molecule has 2 aromatic carbocycles. The number of fused-ring (bicyclic) bond motifs is 1. The molecule has 2 N–H and O–H groups in total. The highest BCUT2D eigenvalue weighted by Crippen LogP contribution is 2.43. The van der Waals surface area contributed by atoms with Gasteiger partial charge in [0, 0.05) is 24.4 Å². The summed E-state index contributed by atoms with van der Waals surface area (Å²) in [5, 5.41) is 12.4. The van der Waals surface area contributed by atoms with Gasteiger partial charge in [0.2, 0.25) is 10.9 Å². The fraction of sp³-hybridized carbons (Fsp3) is 0.240. The van der Waals surface area contributed by atoms with E-state index in [9.17, 15) is 18.9 Å². The highest BCUT2D eigenvalue weighted by atomic mass is 32.2. The van der Waals surface area contributed by atoms with Crippen molar-refractivity contribution in [2.45, 2.75) is 30.0 Å². The van der Waals surface area contributed by atoms with E-state index in [1.807, 2.05) is 54.6 Å². The Morgan fingerprint density at radius 3 is 2.35 bits per heavy atom. The number of hydrogen-bond acceptors (Lipinski definition) is 5. The Kier molecular flexibility index (Phi) is 5.36. The van der Waals surface area contributed by atoms with Crippen LogP contribution in [0.5, 0.6) is 0 Å². The van der Waals surface area contributed by atoms with Gasteiger partial charge in [0.25, 0.3) is 5.56 Å². The Bertz CT molecular complexity index is 1490. The fourth-order valence-corrected chi connectivity index (χ4v) is 5.29. The van der Waals surface area contributed by atoms with Gasteiger partial charge in [-0.05, 0) is 30.4 Å². The van der Waals surface area contributed by atoms with Crippen molar-refractivity contribution in [1.82, 2.24) is 14.9 Å². The summed E-state index contributed by atoms with van der Waals surface area (Å²) in [6.07, 6.45) is 2.87. The van der Waals surface area contributed by atoms with Gasteiger partial charge in [-0.25, -0.2) is 4.79 Å². The zero-order chi connectivity index (χ0) is 24.0. The quantitative estimate of drug-likeness (QED) is 0.416. The van der Waals surface area contributed by atoms with Crippen molar-refractivity contribution in [3.05, 3.63) is 70.5 Å². The minimum absolute atomic E-state index is 0.134. The molecule has 0 radical (unpaired) electrons. The van der Waals surface area contributed by atoms with E-state index in [0.29, 0.717) is 16.7 Å².